The number of hydrogen-bond donors (Lipinski definition) is 1. The smallest absolute Gasteiger partial charge is 0.150 e. The Balaban J connectivity index is 1.78. The van der Waals surface area contributed by atoms with Gasteiger partial charge >= 0.3 is 0 Å². The number of ether oxygens (including phenoxy) is 1. The van der Waals surface area contributed by atoms with E-state index in [9.17, 15) is 0 Å². The molecule has 0 heterocycles. The third-order valence-electron chi connectivity index (χ3n) is 3.49. The molecule has 0 aromatic heterocycles. The van der Waals surface area contributed by atoms with E-state index in [1.807, 2.05) is 24.3 Å². The Hall–Kier alpha value is -1.16. The zero-order valence-corrected chi connectivity index (χ0v) is 13.5. The van der Waals surface area contributed by atoms with Crippen molar-refractivity contribution in [2.24, 2.45) is 0 Å². The normalized spacial score (nSPS) is 14.2. The molecule has 0 saturated heterocycles. The molecule has 2 aromatic carbocycles. The monoisotopic (exact) mass is 319 g/mol. The highest BCUT2D eigenvalue weighted by atomic mass is 35.5. The van der Waals surface area contributed by atoms with Crippen molar-refractivity contribution in [3.05, 3.63) is 53.1 Å². The van der Waals surface area contributed by atoms with Crippen LogP contribution in [0, 0.1) is 0 Å². The Kier molecular flexibility index (Phi) is 4.73. The fourth-order valence-corrected chi connectivity index (χ4v) is 2.75. The van der Waals surface area contributed by atoms with Crippen molar-refractivity contribution in [3.8, 4) is 11.5 Å². The molecule has 1 saturated carbocycles. The molecular weight excluding hydrogens is 302 g/mol. The second-order valence-corrected chi connectivity index (χ2v) is 6.45. The van der Waals surface area contributed by atoms with E-state index in [2.05, 4.69) is 29.8 Å². The van der Waals surface area contributed by atoms with Gasteiger partial charge in [0.1, 0.15) is 11.5 Å². The first-order chi connectivity index (χ1) is 10.3. The van der Waals surface area contributed by atoms with Crippen LogP contribution in [0.3, 0.4) is 0 Å². The van der Waals surface area contributed by atoms with Crippen LogP contribution in [0.1, 0.15) is 18.4 Å². The van der Waals surface area contributed by atoms with E-state index in [4.69, 9.17) is 16.3 Å². The highest BCUT2D eigenvalue weighted by Crippen LogP contribution is 2.34. The second kappa shape index (κ2) is 6.73. The van der Waals surface area contributed by atoms with Crippen LogP contribution in [0.15, 0.2) is 47.4 Å². The summed E-state index contributed by atoms with van der Waals surface area (Å²) < 4.78 is 6.01. The quantitative estimate of drug-likeness (QED) is 0.748. The van der Waals surface area contributed by atoms with E-state index in [1.54, 1.807) is 11.8 Å². The standard InChI is InChI=1S/C17H18ClNOS/c1-21-15-9-7-14(8-10-15)20-17-12(3-2-4-16(17)18)11-19-13-5-6-13/h2-4,7-10,13,19H,5-6,11H2,1H3. The topological polar surface area (TPSA) is 21.3 Å². The molecule has 0 bridgehead atoms. The molecule has 0 radical (unpaired) electrons. The number of hydrogen-bond acceptors (Lipinski definition) is 3. The van der Waals surface area contributed by atoms with E-state index in [0.717, 1.165) is 23.6 Å². The van der Waals surface area contributed by atoms with Gasteiger partial charge in [-0.2, -0.15) is 0 Å². The van der Waals surface area contributed by atoms with Gasteiger partial charge in [-0.3, -0.25) is 0 Å². The van der Waals surface area contributed by atoms with E-state index in [1.165, 1.54) is 17.7 Å². The number of benzene rings is 2. The van der Waals surface area contributed by atoms with Gasteiger partial charge in [-0.05, 0) is 49.4 Å². The third kappa shape index (κ3) is 3.94. The highest BCUT2D eigenvalue weighted by molar-refractivity contribution is 7.98. The molecule has 4 heteroatoms. The van der Waals surface area contributed by atoms with Crippen molar-refractivity contribution in [3.63, 3.8) is 0 Å². The number of nitrogens with one attached hydrogen (secondary N) is 1. The van der Waals surface area contributed by atoms with Gasteiger partial charge in [0.2, 0.25) is 0 Å². The number of rotatable bonds is 6. The van der Waals surface area contributed by atoms with E-state index < -0.39 is 0 Å². The summed E-state index contributed by atoms with van der Waals surface area (Å²) in [5, 5.41) is 4.15. The summed E-state index contributed by atoms with van der Waals surface area (Å²) in [6.07, 6.45) is 4.60. The summed E-state index contributed by atoms with van der Waals surface area (Å²) in [5.41, 5.74) is 1.10. The fraction of sp³-hybridized carbons (Fsp3) is 0.294. The molecule has 0 aliphatic heterocycles. The van der Waals surface area contributed by atoms with Crippen molar-refractivity contribution in [2.45, 2.75) is 30.3 Å². The van der Waals surface area contributed by atoms with Crippen molar-refractivity contribution >= 4 is 23.4 Å². The molecule has 21 heavy (non-hydrogen) atoms. The Morgan fingerprint density at radius 2 is 1.95 bits per heavy atom. The predicted octanol–water partition coefficient (Wildman–Crippen LogP) is 5.11. The van der Waals surface area contributed by atoms with E-state index in [0.29, 0.717) is 11.1 Å². The lowest BCUT2D eigenvalue weighted by Crippen LogP contribution is -2.15. The lowest BCUT2D eigenvalue weighted by molar-refractivity contribution is 0.472. The predicted molar refractivity (Wildman–Crippen MR) is 89.6 cm³/mol. The molecule has 2 aromatic rings. The third-order valence-corrected chi connectivity index (χ3v) is 4.53. The Bertz CT molecular complexity index is 611. The molecule has 1 fully saturated rings. The molecule has 1 aliphatic carbocycles. The second-order valence-electron chi connectivity index (χ2n) is 5.16. The number of thioether (sulfide) groups is 1. The van der Waals surface area contributed by atoms with Crippen molar-refractivity contribution in [1.29, 1.82) is 0 Å². The van der Waals surface area contributed by atoms with E-state index in [-0.39, 0.29) is 0 Å². The average Bonchev–Trinajstić information content (AvgIpc) is 3.33. The van der Waals surface area contributed by atoms with Crippen LogP contribution in [0.5, 0.6) is 11.5 Å². The van der Waals surface area contributed by atoms with Crippen LogP contribution >= 0.6 is 23.4 Å². The maximum atomic E-state index is 6.31. The van der Waals surface area contributed by atoms with Crippen LogP contribution in [-0.4, -0.2) is 12.3 Å². The number of halogens is 1. The minimum Gasteiger partial charge on any atom is -0.455 e. The van der Waals surface area contributed by atoms with Crippen molar-refractivity contribution in [1.82, 2.24) is 5.32 Å². The maximum absolute atomic E-state index is 6.31. The van der Waals surface area contributed by atoms with Crippen LogP contribution in [0.2, 0.25) is 5.02 Å². The first-order valence-electron chi connectivity index (χ1n) is 7.09. The summed E-state index contributed by atoms with van der Waals surface area (Å²) in [6, 6.07) is 14.6. The zero-order chi connectivity index (χ0) is 14.7. The molecule has 0 amide bonds. The molecule has 2 nitrogen and oxygen atoms in total. The zero-order valence-electron chi connectivity index (χ0n) is 11.9. The average molecular weight is 320 g/mol. The largest absolute Gasteiger partial charge is 0.455 e. The molecule has 1 aliphatic rings. The molecule has 1 N–H and O–H groups in total. The molecule has 0 unspecified atom stereocenters. The van der Waals surface area contributed by atoms with Gasteiger partial charge in [0, 0.05) is 23.0 Å². The summed E-state index contributed by atoms with van der Waals surface area (Å²) in [5.74, 6) is 1.57. The van der Waals surface area contributed by atoms with Gasteiger partial charge in [-0.25, -0.2) is 0 Å². The maximum Gasteiger partial charge on any atom is 0.150 e. The van der Waals surface area contributed by atoms with Crippen LogP contribution < -0.4 is 10.1 Å². The molecule has 0 spiro atoms. The van der Waals surface area contributed by atoms with Crippen molar-refractivity contribution < 1.29 is 4.74 Å². The summed E-state index contributed by atoms with van der Waals surface area (Å²) in [6.45, 7) is 0.795. The van der Waals surface area contributed by atoms with Crippen LogP contribution in [-0.2, 0) is 6.54 Å². The summed E-state index contributed by atoms with van der Waals surface area (Å²) in [4.78, 5) is 1.22. The van der Waals surface area contributed by atoms with Gasteiger partial charge in [0.05, 0.1) is 5.02 Å². The van der Waals surface area contributed by atoms with Gasteiger partial charge in [-0.15, -0.1) is 11.8 Å². The SMILES string of the molecule is CSc1ccc(Oc2c(Cl)cccc2CNC2CC2)cc1. The Labute approximate surface area is 134 Å². The molecule has 110 valence electrons. The molecule has 0 atom stereocenters. The van der Waals surface area contributed by atoms with Crippen LogP contribution in [0.25, 0.3) is 0 Å². The van der Waals surface area contributed by atoms with Gasteiger partial charge in [0.25, 0.3) is 0 Å². The first-order valence-corrected chi connectivity index (χ1v) is 8.69. The highest BCUT2D eigenvalue weighted by Gasteiger charge is 2.21. The lowest BCUT2D eigenvalue weighted by atomic mass is 10.2. The lowest BCUT2D eigenvalue weighted by Gasteiger charge is -2.13. The van der Waals surface area contributed by atoms with Gasteiger partial charge < -0.3 is 10.1 Å². The Morgan fingerprint density at radius 1 is 1.19 bits per heavy atom. The fourth-order valence-electron chi connectivity index (χ4n) is 2.11. The van der Waals surface area contributed by atoms with Gasteiger partial charge in [0.15, 0.2) is 0 Å². The van der Waals surface area contributed by atoms with Crippen LogP contribution in [0.4, 0.5) is 0 Å². The first kappa shape index (κ1) is 14.8. The van der Waals surface area contributed by atoms with Gasteiger partial charge in [-0.1, -0.05) is 23.7 Å². The minimum absolute atomic E-state index is 0.652. The van der Waals surface area contributed by atoms with E-state index >= 15 is 0 Å². The summed E-state index contributed by atoms with van der Waals surface area (Å²) >= 11 is 8.03. The molecule has 3 rings (SSSR count). The van der Waals surface area contributed by atoms with Crippen molar-refractivity contribution in [2.75, 3.05) is 6.26 Å². The number of para-hydroxylation sites is 1. The Morgan fingerprint density at radius 3 is 2.62 bits per heavy atom. The molecular formula is C17H18ClNOS. The summed E-state index contributed by atoms with van der Waals surface area (Å²) in [7, 11) is 0. The minimum atomic E-state index is 0.652.